The quantitative estimate of drug-likeness (QED) is 0.691. The Morgan fingerprint density at radius 1 is 1.24 bits per heavy atom. The summed E-state index contributed by atoms with van der Waals surface area (Å²) in [5.41, 5.74) is 2.74. The van der Waals surface area contributed by atoms with Crippen molar-refractivity contribution in [2.45, 2.75) is 19.8 Å². The van der Waals surface area contributed by atoms with Crippen molar-refractivity contribution in [2.24, 2.45) is 5.92 Å². The molecule has 4 heterocycles. The Bertz CT molecular complexity index is 994. The van der Waals surface area contributed by atoms with Crippen molar-refractivity contribution in [2.75, 3.05) is 19.8 Å². The molecular formula is C21H23N5O3. The van der Waals surface area contributed by atoms with Crippen LogP contribution in [0.4, 0.5) is 0 Å². The van der Waals surface area contributed by atoms with Gasteiger partial charge >= 0.3 is 0 Å². The van der Waals surface area contributed by atoms with Crippen LogP contribution in [0, 0.1) is 12.8 Å². The number of carbonyl (C=O) groups is 1. The third-order valence-corrected chi connectivity index (χ3v) is 5.07. The number of amides is 1. The standard InChI is InChI=1S/C21H23N5O3/c1-14-10-16(4-7-22-14)18-13-25-26(21(18)28)19-3-2-17(12-23-19)20(27)24-11-15-5-8-29-9-6-15/h2-4,7,10,12-13,15,28H,5-6,8-9,11H2,1H3,(H,24,27). The van der Waals surface area contributed by atoms with Crippen molar-refractivity contribution in [3.63, 3.8) is 0 Å². The number of pyridine rings is 2. The monoisotopic (exact) mass is 393 g/mol. The van der Waals surface area contributed by atoms with Crippen LogP contribution in [0.3, 0.4) is 0 Å². The number of rotatable bonds is 5. The number of aromatic nitrogens is 4. The normalized spacial score (nSPS) is 14.7. The molecule has 4 rings (SSSR count). The third-order valence-electron chi connectivity index (χ3n) is 5.07. The number of nitrogens with zero attached hydrogens (tertiary/aromatic N) is 4. The van der Waals surface area contributed by atoms with Gasteiger partial charge in [-0.15, -0.1) is 0 Å². The molecule has 1 amide bonds. The van der Waals surface area contributed by atoms with Gasteiger partial charge in [-0.1, -0.05) is 0 Å². The van der Waals surface area contributed by atoms with Crippen LogP contribution in [0.5, 0.6) is 5.88 Å². The van der Waals surface area contributed by atoms with Crippen LogP contribution in [-0.4, -0.2) is 50.5 Å². The molecule has 2 N–H and O–H groups in total. The van der Waals surface area contributed by atoms with Crippen LogP contribution >= 0.6 is 0 Å². The summed E-state index contributed by atoms with van der Waals surface area (Å²) < 4.78 is 6.68. The summed E-state index contributed by atoms with van der Waals surface area (Å²) in [6, 6.07) is 7.03. The van der Waals surface area contributed by atoms with Crippen molar-refractivity contribution in [1.29, 1.82) is 0 Å². The van der Waals surface area contributed by atoms with E-state index in [1.54, 1.807) is 24.5 Å². The van der Waals surface area contributed by atoms with Crippen LogP contribution in [0.15, 0.2) is 42.9 Å². The first-order valence-corrected chi connectivity index (χ1v) is 9.64. The van der Waals surface area contributed by atoms with Gasteiger partial charge in [-0.05, 0) is 55.5 Å². The number of carbonyl (C=O) groups excluding carboxylic acids is 1. The SMILES string of the molecule is Cc1cc(-c2cnn(-c3ccc(C(=O)NCC4CCOCC4)cn3)c2O)ccn1. The molecule has 0 saturated carbocycles. The van der Waals surface area contributed by atoms with Gasteiger partial charge in [0.25, 0.3) is 5.91 Å². The molecule has 3 aromatic heterocycles. The maximum Gasteiger partial charge on any atom is 0.252 e. The lowest BCUT2D eigenvalue weighted by Gasteiger charge is -2.22. The van der Waals surface area contributed by atoms with E-state index >= 15 is 0 Å². The lowest BCUT2D eigenvalue weighted by molar-refractivity contribution is 0.0642. The number of hydrogen-bond acceptors (Lipinski definition) is 6. The fourth-order valence-electron chi connectivity index (χ4n) is 3.36. The summed E-state index contributed by atoms with van der Waals surface area (Å²) in [5, 5.41) is 17.8. The summed E-state index contributed by atoms with van der Waals surface area (Å²) in [7, 11) is 0. The second-order valence-electron chi connectivity index (χ2n) is 7.15. The highest BCUT2D eigenvalue weighted by Crippen LogP contribution is 2.30. The van der Waals surface area contributed by atoms with Gasteiger partial charge in [0, 0.05) is 37.8 Å². The summed E-state index contributed by atoms with van der Waals surface area (Å²) in [4.78, 5) is 20.8. The van der Waals surface area contributed by atoms with Gasteiger partial charge in [0.2, 0.25) is 5.88 Å². The van der Waals surface area contributed by atoms with E-state index in [-0.39, 0.29) is 11.8 Å². The van der Waals surface area contributed by atoms with Gasteiger partial charge < -0.3 is 15.2 Å². The minimum Gasteiger partial charge on any atom is -0.493 e. The maximum absolute atomic E-state index is 12.4. The van der Waals surface area contributed by atoms with E-state index in [1.165, 1.54) is 10.9 Å². The number of ether oxygens (including phenoxy) is 1. The van der Waals surface area contributed by atoms with Crippen molar-refractivity contribution in [1.82, 2.24) is 25.1 Å². The highest BCUT2D eigenvalue weighted by atomic mass is 16.5. The zero-order valence-corrected chi connectivity index (χ0v) is 16.2. The molecule has 8 heteroatoms. The molecule has 0 aromatic carbocycles. The van der Waals surface area contributed by atoms with Gasteiger partial charge in [-0.25, -0.2) is 4.98 Å². The van der Waals surface area contributed by atoms with E-state index in [4.69, 9.17) is 4.74 Å². The summed E-state index contributed by atoms with van der Waals surface area (Å²) in [6.45, 7) is 4.04. The Hall–Kier alpha value is -3.26. The first-order valence-electron chi connectivity index (χ1n) is 9.64. The highest BCUT2D eigenvalue weighted by molar-refractivity contribution is 5.93. The zero-order chi connectivity index (χ0) is 20.2. The minimum absolute atomic E-state index is 0.0141. The Morgan fingerprint density at radius 3 is 2.79 bits per heavy atom. The van der Waals surface area contributed by atoms with E-state index < -0.39 is 0 Å². The first-order chi connectivity index (χ1) is 14.1. The van der Waals surface area contributed by atoms with Crippen molar-refractivity contribution < 1.29 is 14.6 Å². The lowest BCUT2D eigenvalue weighted by atomic mass is 10.0. The maximum atomic E-state index is 12.4. The molecule has 1 aliphatic rings. The molecule has 0 radical (unpaired) electrons. The van der Waals surface area contributed by atoms with E-state index in [1.807, 2.05) is 19.1 Å². The van der Waals surface area contributed by atoms with E-state index in [2.05, 4.69) is 20.4 Å². The summed E-state index contributed by atoms with van der Waals surface area (Å²) in [6.07, 6.45) is 6.70. The molecule has 1 fully saturated rings. The Labute approximate surface area is 168 Å². The summed E-state index contributed by atoms with van der Waals surface area (Å²) in [5.74, 6) is 0.713. The topological polar surface area (TPSA) is 102 Å². The lowest BCUT2D eigenvalue weighted by Crippen LogP contribution is -2.32. The van der Waals surface area contributed by atoms with Gasteiger partial charge in [0.1, 0.15) is 0 Å². The van der Waals surface area contributed by atoms with Gasteiger partial charge in [0.15, 0.2) is 5.82 Å². The molecule has 1 aliphatic heterocycles. The molecule has 0 spiro atoms. The van der Waals surface area contributed by atoms with Crippen LogP contribution in [0.1, 0.15) is 28.9 Å². The van der Waals surface area contributed by atoms with Gasteiger partial charge in [0.05, 0.1) is 17.3 Å². The third kappa shape index (κ3) is 4.27. The molecule has 0 unspecified atom stereocenters. The average Bonchev–Trinajstić information content (AvgIpc) is 3.14. The number of aryl methyl sites for hydroxylation is 1. The molecule has 150 valence electrons. The smallest absolute Gasteiger partial charge is 0.252 e. The number of nitrogens with one attached hydrogen (secondary N) is 1. The molecule has 1 saturated heterocycles. The number of aromatic hydroxyl groups is 1. The summed E-state index contributed by atoms with van der Waals surface area (Å²) >= 11 is 0. The molecule has 0 bridgehead atoms. The van der Waals surface area contributed by atoms with Crippen molar-refractivity contribution >= 4 is 5.91 Å². The van der Waals surface area contributed by atoms with Crippen LogP contribution in [-0.2, 0) is 4.74 Å². The van der Waals surface area contributed by atoms with Crippen molar-refractivity contribution in [3.05, 3.63) is 54.1 Å². The minimum atomic E-state index is -0.159. The Kier molecular flexibility index (Phi) is 5.53. The second kappa shape index (κ2) is 8.40. The average molecular weight is 393 g/mol. The van der Waals surface area contributed by atoms with Crippen LogP contribution in [0.2, 0.25) is 0 Å². The first kappa shape index (κ1) is 19.1. The molecule has 0 aliphatic carbocycles. The zero-order valence-electron chi connectivity index (χ0n) is 16.2. The Balaban J connectivity index is 1.46. The fourth-order valence-corrected chi connectivity index (χ4v) is 3.36. The molecule has 8 nitrogen and oxygen atoms in total. The fraction of sp³-hybridized carbons (Fsp3) is 0.333. The Morgan fingerprint density at radius 2 is 2.07 bits per heavy atom. The van der Waals surface area contributed by atoms with Crippen LogP contribution in [0.25, 0.3) is 16.9 Å². The highest BCUT2D eigenvalue weighted by Gasteiger charge is 2.17. The van der Waals surface area contributed by atoms with E-state index in [9.17, 15) is 9.90 Å². The van der Waals surface area contributed by atoms with Crippen molar-refractivity contribution in [3.8, 4) is 22.8 Å². The molecular weight excluding hydrogens is 370 g/mol. The predicted molar refractivity (Wildman–Crippen MR) is 107 cm³/mol. The largest absolute Gasteiger partial charge is 0.493 e. The van der Waals surface area contributed by atoms with Crippen LogP contribution < -0.4 is 5.32 Å². The predicted octanol–water partition coefficient (Wildman–Crippen LogP) is 2.50. The molecule has 0 atom stereocenters. The second-order valence-corrected chi connectivity index (χ2v) is 7.15. The van der Waals surface area contributed by atoms with Gasteiger partial charge in [-0.2, -0.15) is 9.78 Å². The van der Waals surface area contributed by atoms with E-state index in [0.29, 0.717) is 29.4 Å². The van der Waals surface area contributed by atoms with E-state index in [0.717, 1.165) is 37.3 Å². The number of hydrogen-bond donors (Lipinski definition) is 2. The molecule has 29 heavy (non-hydrogen) atoms. The molecule has 3 aromatic rings. The van der Waals surface area contributed by atoms with Gasteiger partial charge in [-0.3, -0.25) is 9.78 Å².